The smallest absolute Gasteiger partial charge is 0.161 e. The summed E-state index contributed by atoms with van der Waals surface area (Å²) >= 11 is 5.84. The van der Waals surface area contributed by atoms with Crippen LogP contribution in [0.15, 0.2) is 30.3 Å². The standard InChI is InChI=1S/C13H6ClF5/c14-13(6-1-7(15)3-8(16)2-6)9-4-11(18)12(19)5-10(9)17/h1-5,13H. The summed E-state index contributed by atoms with van der Waals surface area (Å²) in [5.41, 5.74) is -0.491. The molecule has 0 aliphatic heterocycles. The quantitative estimate of drug-likeness (QED) is 0.427. The molecule has 19 heavy (non-hydrogen) atoms. The lowest BCUT2D eigenvalue weighted by molar-refractivity contribution is 0.490. The average molecular weight is 293 g/mol. The molecular formula is C13H6ClF5. The van der Waals surface area contributed by atoms with E-state index in [1.165, 1.54) is 0 Å². The molecule has 0 saturated heterocycles. The lowest BCUT2D eigenvalue weighted by Gasteiger charge is -2.12. The van der Waals surface area contributed by atoms with Gasteiger partial charge in [-0.1, -0.05) is 0 Å². The van der Waals surface area contributed by atoms with Gasteiger partial charge in [0, 0.05) is 17.7 Å². The van der Waals surface area contributed by atoms with Gasteiger partial charge < -0.3 is 0 Å². The number of alkyl halides is 1. The van der Waals surface area contributed by atoms with E-state index >= 15 is 0 Å². The maximum Gasteiger partial charge on any atom is 0.161 e. The van der Waals surface area contributed by atoms with E-state index in [9.17, 15) is 22.0 Å². The van der Waals surface area contributed by atoms with Crippen molar-refractivity contribution in [3.8, 4) is 0 Å². The summed E-state index contributed by atoms with van der Waals surface area (Å²) < 4.78 is 65.4. The minimum atomic E-state index is -1.37. The van der Waals surface area contributed by atoms with E-state index in [1.54, 1.807) is 0 Å². The highest BCUT2D eigenvalue weighted by molar-refractivity contribution is 6.22. The lowest BCUT2D eigenvalue weighted by Crippen LogP contribution is -2.01. The van der Waals surface area contributed by atoms with Crippen molar-refractivity contribution in [1.82, 2.24) is 0 Å². The molecule has 0 heterocycles. The highest BCUT2D eigenvalue weighted by atomic mass is 35.5. The molecule has 0 fully saturated rings. The maximum atomic E-state index is 13.5. The summed E-state index contributed by atoms with van der Waals surface area (Å²) in [5.74, 6) is -5.55. The number of hydrogen-bond acceptors (Lipinski definition) is 0. The minimum Gasteiger partial charge on any atom is -0.207 e. The molecule has 2 rings (SSSR count). The van der Waals surface area contributed by atoms with Crippen LogP contribution in [0.25, 0.3) is 0 Å². The third kappa shape index (κ3) is 2.87. The van der Waals surface area contributed by atoms with Crippen LogP contribution in [-0.4, -0.2) is 0 Å². The monoisotopic (exact) mass is 292 g/mol. The Morgan fingerprint density at radius 2 is 1.21 bits per heavy atom. The fourth-order valence-electron chi connectivity index (χ4n) is 1.63. The predicted molar refractivity (Wildman–Crippen MR) is 60.4 cm³/mol. The Morgan fingerprint density at radius 1 is 0.684 bits per heavy atom. The zero-order valence-electron chi connectivity index (χ0n) is 9.23. The number of hydrogen-bond donors (Lipinski definition) is 0. The SMILES string of the molecule is Fc1cc(F)cc(C(Cl)c2cc(F)c(F)cc2F)c1. The number of benzene rings is 2. The fraction of sp³-hybridized carbons (Fsp3) is 0.0769. The van der Waals surface area contributed by atoms with E-state index < -0.39 is 40.0 Å². The predicted octanol–water partition coefficient (Wildman–Crippen LogP) is 4.71. The minimum absolute atomic E-state index is 0.0934. The second kappa shape index (κ2) is 5.17. The van der Waals surface area contributed by atoms with Crippen LogP contribution in [0, 0.1) is 29.1 Å². The second-order valence-corrected chi connectivity index (χ2v) is 4.29. The van der Waals surface area contributed by atoms with Crippen LogP contribution >= 0.6 is 11.6 Å². The Morgan fingerprint density at radius 3 is 1.79 bits per heavy atom. The first kappa shape index (κ1) is 13.8. The summed E-state index contributed by atoms with van der Waals surface area (Å²) in [6, 6.07) is 3.29. The largest absolute Gasteiger partial charge is 0.207 e. The highest BCUT2D eigenvalue weighted by Gasteiger charge is 2.19. The molecule has 100 valence electrons. The van der Waals surface area contributed by atoms with Gasteiger partial charge in [-0.25, -0.2) is 22.0 Å². The number of halogens is 6. The van der Waals surface area contributed by atoms with Crippen LogP contribution in [0.1, 0.15) is 16.5 Å². The Kier molecular flexibility index (Phi) is 3.75. The third-order valence-electron chi connectivity index (χ3n) is 2.49. The van der Waals surface area contributed by atoms with Crippen LogP contribution in [0.4, 0.5) is 22.0 Å². The molecule has 0 aliphatic rings. The van der Waals surface area contributed by atoms with Crippen LogP contribution in [-0.2, 0) is 0 Å². The third-order valence-corrected chi connectivity index (χ3v) is 2.98. The van der Waals surface area contributed by atoms with Crippen molar-refractivity contribution in [1.29, 1.82) is 0 Å². The Bertz CT molecular complexity index is 606. The molecule has 0 aromatic heterocycles. The van der Waals surface area contributed by atoms with Crippen molar-refractivity contribution in [3.05, 3.63) is 70.5 Å². The summed E-state index contributed by atoms with van der Waals surface area (Å²) in [6.07, 6.45) is 0. The Balaban J connectivity index is 2.49. The summed E-state index contributed by atoms with van der Waals surface area (Å²) in [7, 11) is 0. The first-order chi connectivity index (χ1) is 8.88. The molecule has 2 aromatic carbocycles. The van der Waals surface area contributed by atoms with Crippen LogP contribution < -0.4 is 0 Å². The lowest BCUT2D eigenvalue weighted by atomic mass is 10.0. The van der Waals surface area contributed by atoms with Crippen molar-refractivity contribution < 1.29 is 22.0 Å². The zero-order valence-corrected chi connectivity index (χ0v) is 9.99. The van der Waals surface area contributed by atoms with Crippen molar-refractivity contribution in [2.24, 2.45) is 0 Å². The first-order valence-electron chi connectivity index (χ1n) is 5.13. The van der Waals surface area contributed by atoms with Crippen LogP contribution in [0.2, 0.25) is 0 Å². The molecule has 0 N–H and O–H groups in total. The van der Waals surface area contributed by atoms with Crippen molar-refractivity contribution >= 4 is 11.6 Å². The van der Waals surface area contributed by atoms with Gasteiger partial charge in [-0.3, -0.25) is 0 Å². The van der Waals surface area contributed by atoms with Gasteiger partial charge in [-0.2, -0.15) is 0 Å². The molecular weight excluding hydrogens is 287 g/mol. The van der Waals surface area contributed by atoms with E-state index in [-0.39, 0.29) is 5.56 Å². The average Bonchev–Trinajstić information content (AvgIpc) is 2.31. The molecule has 0 radical (unpaired) electrons. The first-order valence-corrected chi connectivity index (χ1v) is 5.56. The van der Waals surface area contributed by atoms with E-state index in [1.807, 2.05) is 0 Å². The Labute approximate surface area is 110 Å². The Hall–Kier alpha value is -1.62. The molecule has 6 heteroatoms. The highest BCUT2D eigenvalue weighted by Crippen LogP contribution is 2.32. The summed E-state index contributed by atoms with van der Waals surface area (Å²) in [5, 5.41) is -1.33. The normalized spacial score (nSPS) is 12.5. The van der Waals surface area contributed by atoms with Gasteiger partial charge in [-0.15, -0.1) is 11.6 Å². The molecule has 0 amide bonds. The van der Waals surface area contributed by atoms with Gasteiger partial charge >= 0.3 is 0 Å². The van der Waals surface area contributed by atoms with Crippen molar-refractivity contribution in [2.75, 3.05) is 0 Å². The van der Waals surface area contributed by atoms with E-state index in [4.69, 9.17) is 11.6 Å². The molecule has 0 spiro atoms. The molecule has 0 nitrogen and oxygen atoms in total. The van der Waals surface area contributed by atoms with Gasteiger partial charge in [0.2, 0.25) is 0 Å². The molecule has 1 unspecified atom stereocenters. The van der Waals surface area contributed by atoms with Crippen LogP contribution in [0.5, 0.6) is 0 Å². The van der Waals surface area contributed by atoms with E-state index in [0.29, 0.717) is 18.2 Å². The van der Waals surface area contributed by atoms with Gasteiger partial charge in [0.05, 0.1) is 5.38 Å². The molecule has 1 atom stereocenters. The van der Waals surface area contributed by atoms with E-state index in [2.05, 4.69) is 0 Å². The fourth-order valence-corrected chi connectivity index (χ4v) is 1.93. The topological polar surface area (TPSA) is 0 Å². The maximum absolute atomic E-state index is 13.5. The van der Waals surface area contributed by atoms with Crippen molar-refractivity contribution in [3.63, 3.8) is 0 Å². The van der Waals surface area contributed by atoms with Crippen LogP contribution in [0.3, 0.4) is 0 Å². The van der Waals surface area contributed by atoms with Crippen molar-refractivity contribution in [2.45, 2.75) is 5.38 Å². The summed E-state index contributed by atoms with van der Waals surface area (Å²) in [4.78, 5) is 0. The van der Waals surface area contributed by atoms with E-state index in [0.717, 1.165) is 12.1 Å². The molecule has 2 aromatic rings. The zero-order chi connectivity index (χ0) is 14.2. The number of rotatable bonds is 2. The van der Waals surface area contributed by atoms with Gasteiger partial charge in [0.25, 0.3) is 0 Å². The van der Waals surface area contributed by atoms with Gasteiger partial charge in [-0.05, 0) is 23.8 Å². The molecule has 0 saturated carbocycles. The summed E-state index contributed by atoms with van der Waals surface area (Å²) in [6.45, 7) is 0. The second-order valence-electron chi connectivity index (χ2n) is 3.85. The van der Waals surface area contributed by atoms with Gasteiger partial charge in [0.1, 0.15) is 17.5 Å². The molecule has 0 bridgehead atoms. The molecule has 0 aliphatic carbocycles. The van der Waals surface area contributed by atoms with Gasteiger partial charge in [0.15, 0.2) is 11.6 Å².